The second-order valence-corrected chi connectivity index (χ2v) is 6.23. The monoisotopic (exact) mass is 391 g/mol. The van der Waals surface area contributed by atoms with Crippen molar-refractivity contribution in [3.05, 3.63) is 49.8 Å². The van der Waals surface area contributed by atoms with Crippen molar-refractivity contribution in [3.63, 3.8) is 0 Å². The number of anilines is 1. The molecule has 0 saturated heterocycles. The molecule has 1 aromatic carbocycles. The van der Waals surface area contributed by atoms with E-state index >= 15 is 0 Å². The zero-order valence-corrected chi connectivity index (χ0v) is 15.1. The Balaban J connectivity index is 2.18. The summed E-state index contributed by atoms with van der Waals surface area (Å²) >= 11 is 18.1. The highest BCUT2D eigenvalue weighted by Gasteiger charge is 2.13. The molecule has 0 aliphatic heterocycles. The van der Waals surface area contributed by atoms with E-state index in [2.05, 4.69) is 10.4 Å². The van der Waals surface area contributed by atoms with Gasteiger partial charge >= 0.3 is 0 Å². The fraction of sp³-hybridized carbons (Fsp3) is 0.333. The van der Waals surface area contributed by atoms with E-state index in [1.54, 1.807) is 12.1 Å². The van der Waals surface area contributed by atoms with Gasteiger partial charge in [-0.1, -0.05) is 34.8 Å². The van der Waals surface area contributed by atoms with Crippen molar-refractivity contribution in [3.8, 4) is 5.69 Å². The quantitative estimate of drug-likeness (QED) is 0.757. The first-order valence-electron chi connectivity index (χ1n) is 7.08. The van der Waals surface area contributed by atoms with Crippen molar-refractivity contribution in [2.75, 3.05) is 25.6 Å². The smallest absolute Gasteiger partial charge is 0.292 e. The van der Waals surface area contributed by atoms with Gasteiger partial charge in [0.2, 0.25) is 0 Å². The van der Waals surface area contributed by atoms with E-state index in [1.807, 2.05) is 0 Å². The van der Waals surface area contributed by atoms with E-state index in [0.717, 1.165) is 4.68 Å². The summed E-state index contributed by atoms with van der Waals surface area (Å²) in [4.78, 5) is 12.4. The van der Waals surface area contributed by atoms with Crippen LogP contribution in [0.15, 0.2) is 29.2 Å². The maximum atomic E-state index is 12.4. The number of methoxy groups -OCH3 is 1. The van der Waals surface area contributed by atoms with Gasteiger partial charge in [-0.25, -0.2) is 0 Å². The zero-order chi connectivity index (χ0) is 17.7. The molecule has 24 heavy (non-hydrogen) atoms. The molecule has 9 heteroatoms. The summed E-state index contributed by atoms with van der Waals surface area (Å²) in [5.41, 5.74) is 0.256. The molecule has 2 rings (SSSR count). The molecule has 130 valence electrons. The van der Waals surface area contributed by atoms with Crippen molar-refractivity contribution < 1.29 is 9.84 Å². The Labute approximate surface area is 153 Å². The second-order valence-electron chi connectivity index (χ2n) is 5.01. The Morgan fingerprint density at radius 3 is 2.79 bits per heavy atom. The number of nitrogens with zero attached hydrogens (tertiary/aromatic N) is 2. The van der Waals surface area contributed by atoms with E-state index in [4.69, 9.17) is 39.5 Å². The predicted molar refractivity (Wildman–Crippen MR) is 95.9 cm³/mol. The van der Waals surface area contributed by atoms with Crippen molar-refractivity contribution in [1.82, 2.24) is 9.78 Å². The van der Waals surface area contributed by atoms with Crippen LogP contribution in [-0.2, 0) is 4.74 Å². The molecule has 1 unspecified atom stereocenters. The maximum Gasteiger partial charge on any atom is 0.292 e. The first-order chi connectivity index (χ1) is 11.4. The molecule has 0 aliphatic carbocycles. The Hall–Kier alpha value is -1.31. The van der Waals surface area contributed by atoms with Gasteiger partial charge in [0, 0.05) is 18.7 Å². The number of aliphatic hydroxyl groups excluding tert-OH is 1. The van der Waals surface area contributed by atoms with Gasteiger partial charge in [-0.2, -0.15) is 9.78 Å². The first-order valence-corrected chi connectivity index (χ1v) is 8.21. The predicted octanol–water partition coefficient (Wildman–Crippen LogP) is 3.00. The van der Waals surface area contributed by atoms with Crippen molar-refractivity contribution in [2.24, 2.45) is 0 Å². The van der Waals surface area contributed by atoms with Gasteiger partial charge in [-0.15, -0.1) is 0 Å². The average Bonchev–Trinajstić information content (AvgIpc) is 2.53. The highest BCUT2D eigenvalue weighted by Crippen LogP contribution is 2.24. The summed E-state index contributed by atoms with van der Waals surface area (Å²) in [5, 5.41) is 17.4. The molecule has 0 bridgehead atoms. The van der Waals surface area contributed by atoms with Crippen LogP contribution in [0.4, 0.5) is 5.69 Å². The molecular formula is C15H16Cl3N3O3. The molecule has 0 radical (unpaired) electrons. The summed E-state index contributed by atoms with van der Waals surface area (Å²) in [6.45, 7) is 0.654. The van der Waals surface area contributed by atoms with Gasteiger partial charge < -0.3 is 15.2 Å². The lowest BCUT2D eigenvalue weighted by molar-refractivity contribution is 0.0615. The minimum absolute atomic E-state index is 0.0164. The van der Waals surface area contributed by atoms with E-state index in [9.17, 15) is 9.90 Å². The van der Waals surface area contributed by atoms with Crippen LogP contribution in [0, 0.1) is 0 Å². The van der Waals surface area contributed by atoms with Crippen LogP contribution >= 0.6 is 34.8 Å². The van der Waals surface area contributed by atoms with E-state index in [-0.39, 0.29) is 16.7 Å². The van der Waals surface area contributed by atoms with Gasteiger partial charge in [-0.05, 0) is 24.6 Å². The summed E-state index contributed by atoms with van der Waals surface area (Å²) in [6, 6.07) is 4.71. The van der Waals surface area contributed by atoms with Gasteiger partial charge in [-0.3, -0.25) is 4.79 Å². The standard InChI is InChI=1S/C15H16Cl3N3O3/c1-24-8-10(22)4-5-19-12-7-20-21(15(23)14(12)18)13-3-2-9(16)6-11(13)17/h2-3,6-7,10,19,22H,4-5,8H2,1H3. The van der Waals surface area contributed by atoms with Crippen LogP contribution < -0.4 is 10.9 Å². The van der Waals surface area contributed by atoms with Crippen LogP contribution in [0.5, 0.6) is 0 Å². The number of rotatable bonds is 7. The summed E-state index contributed by atoms with van der Waals surface area (Å²) in [6.07, 6.45) is 1.27. The van der Waals surface area contributed by atoms with Crippen LogP contribution in [0.1, 0.15) is 6.42 Å². The van der Waals surface area contributed by atoms with Crippen LogP contribution in [-0.4, -0.2) is 41.3 Å². The highest BCUT2D eigenvalue weighted by atomic mass is 35.5. The topological polar surface area (TPSA) is 76.4 Å². The Morgan fingerprint density at radius 2 is 2.12 bits per heavy atom. The lowest BCUT2D eigenvalue weighted by Crippen LogP contribution is -2.24. The Kier molecular flexibility index (Phi) is 6.89. The highest BCUT2D eigenvalue weighted by molar-refractivity contribution is 6.36. The molecule has 1 aromatic heterocycles. The van der Waals surface area contributed by atoms with Gasteiger partial charge in [0.1, 0.15) is 5.02 Å². The molecular weight excluding hydrogens is 377 g/mol. The number of ether oxygens (including phenoxy) is 1. The van der Waals surface area contributed by atoms with Crippen LogP contribution in [0.2, 0.25) is 15.1 Å². The molecule has 0 saturated carbocycles. The van der Waals surface area contributed by atoms with Crippen LogP contribution in [0.3, 0.4) is 0 Å². The number of aromatic nitrogens is 2. The Bertz CT molecular complexity index is 767. The van der Waals surface area contributed by atoms with E-state index < -0.39 is 11.7 Å². The van der Waals surface area contributed by atoms with Crippen LogP contribution in [0.25, 0.3) is 5.69 Å². The number of aliphatic hydroxyl groups is 1. The minimum atomic E-state index is -0.595. The molecule has 1 heterocycles. The van der Waals surface area contributed by atoms with Gasteiger partial charge in [0.15, 0.2) is 0 Å². The normalized spacial score (nSPS) is 12.2. The summed E-state index contributed by atoms with van der Waals surface area (Å²) in [7, 11) is 1.51. The summed E-state index contributed by atoms with van der Waals surface area (Å²) < 4.78 is 5.95. The molecule has 2 aromatic rings. The van der Waals surface area contributed by atoms with Gasteiger partial charge in [0.05, 0.1) is 35.3 Å². The lowest BCUT2D eigenvalue weighted by atomic mass is 10.2. The fourth-order valence-corrected chi connectivity index (χ4v) is 2.71. The molecule has 1 atom stereocenters. The number of nitrogens with one attached hydrogen (secondary N) is 1. The molecule has 0 spiro atoms. The van der Waals surface area contributed by atoms with Crippen molar-refractivity contribution >= 4 is 40.5 Å². The zero-order valence-electron chi connectivity index (χ0n) is 12.8. The molecule has 0 aliphatic rings. The van der Waals surface area contributed by atoms with E-state index in [1.165, 1.54) is 19.4 Å². The van der Waals surface area contributed by atoms with Crippen molar-refractivity contribution in [1.29, 1.82) is 0 Å². The number of hydrogen-bond acceptors (Lipinski definition) is 5. The third kappa shape index (κ3) is 4.62. The lowest BCUT2D eigenvalue weighted by Gasteiger charge is -2.13. The number of benzene rings is 1. The maximum absolute atomic E-state index is 12.4. The second kappa shape index (κ2) is 8.69. The molecule has 0 amide bonds. The third-order valence-corrected chi connectivity index (χ3v) is 4.11. The summed E-state index contributed by atoms with van der Waals surface area (Å²) in [5.74, 6) is 0. The number of hydrogen-bond donors (Lipinski definition) is 2. The number of halogens is 3. The Morgan fingerprint density at radius 1 is 1.38 bits per heavy atom. The van der Waals surface area contributed by atoms with E-state index in [0.29, 0.717) is 29.4 Å². The molecule has 2 N–H and O–H groups in total. The molecule has 6 nitrogen and oxygen atoms in total. The van der Waals surface area contributed by atoms with Crippen molar-refractivity contribution in [2.45, 2.75) is 12.5 Å². The third-order valence-electron chi connectivity index (χ3n) is 3.21. The average molecular weight is 393 g/mol. The molecule has 0 fully saturated rings. The minimum Gasteiger partial charge on any atom is -0.391 e. The first kappa shape index (κ1) is 19.0. The van der Waals surface area contributed by atoms with Gasteiger partial charge in [0.25, 0.3) is 5.56 Å². The largest absolute Gasteiger partial charge is 0.391 e. The SMILES string of the molecule is COCC(O)CCNc1cnn(-c2ccc(Cl)cc2Cl)c(=O)c1Cl. The fourth-order valence-electron chi connectivity index (χ4n) is 2.03.